The first-order valence-corrected chi connectivity index (χ1v) is 7.17. The van der Waals surface area contributed by atoms with Crippen LogP contribution in [0.4, 0.5) is 13.2 Å². The molecule has 0 radical (unpaired) electrons. The third-order valence-corrected chi connectivity index (χ3v) is 3.22. The van der Waals surface area contributed by atoms with Crippen molar-refractivity contribution >= 4 is 17.7 Å². The predicted octanol–water partition coefficient (Wildman–Crippen LogP) is 2.43. The number of hydrogen-bond acceptors (Lipinski definition) is 4. The van der Waals surface area contributed by atoms with Crippen LogP contribution in [0.3, 0.4) is 0 Å². The van der Waals surface area contributed by atoms with Crippen molar-refractivity contribution in [2.24, 2.45) is 0 Å². The summed E-state index contributed by atoms with van der Waals surface area (Å²) in [5.41, 5.74) is 2.32. The minimum Gasteiger partial charge on any atom is -0.347 e. The van der Waals surface area contributed by atoms with Gasteiger partial charge < -0.3 is 5.32 Å². The fourth-order valence-corrected chi connectivity index (χ4v) is 2.14. The minimum absolute atomic E-state index is 0.0142. The lowest BCUT2D eigenvalue weighted by Gasteiger charge is -2.11. The zero-order chi connectivity index (χ0) is 15.3. The highest BCUT2D eigenvalue weighted by atomic mass is 32.2. The molecule has 0 aromatic carbocycles. The Morgan fingerprint density at radius 3 is 2.25 bits per heavy atom. The molecule has 1 aromatic heterocycles. The van der Waals surface area contributed by atoms with E-state index in [4.69, 9.17) is 0 Å². The number of thioether (sulfide) groups is 1. The number of aromatic nitrogens is 2. The fourth-order valence-electron chi connectivity index (χ4n) is 1.69. The lowest BCUT2D eigenvalue weighted by molar-refractivity contribution is -0.138. The van der Waals surface area contributed by atoms with Crippen molar-refractivity contribution in [3.63, 3.8) is 0 Å². The molecule has 0 aliphatic carbocycles. The van der Waals surface area contributed by atoms with Crippen molar-refractivity contribution in [1.29, 1.82) is 0 Å². The van der Waals surface area contributed by atoms with Gasteiger partial charge in [0.25, 0.3) is 0 Å². The molecule has 0 aliphatic rings. The highest BCUT2D eigenvalue weighted by molar-refractivity contribution is 7.98. The quantitative estimate of drug-likeness (QED) is 0.670. The van der Waals surface area contributed by atoms with Gasteiger partial charge in [0.1, 0.15) is 6.54 Å². The Balaban J connectivity index is 2.60. The Labute approximate surface area is 119 Å². The number of carbonyl (C=O) groups excluding carboxylic acids is 1. The van der Waals surface area contributed by atoms with Crippen LogP contribution in [0, 0.1) is 13.8 Å². The number of alkyl halides is 3. The number of halogens is 3. The second kappa shape index (κ2) is 6.92. The predicted molar refractivity (Wildman–Crippen MR) is 70.7 cm³/mol. The fraction of sp³-hybridized carbons (Fsp3) is 0.583. The van der Waals surface area contributed by atoms with E-state index in [1.54, 1.807) is 13.8 Å². The van der Waals surface area contributed by atoms with Gasteiger partial charge in [0.05, 0.1) is 0 Å². The zero-order valence-corrected chi connectivity index (χ0v) is 12.3. The zero-order valence-electron chi connectivity index (χ0n) is 11.5. The van der Waals surface area contributed by atoms with Gasteiger partial charge in [-0.3, -0.25) is 4.79 Å². The summed E-state index contributed by atoms with van der Waals surface area (Å²) in [5, 5.41) is 2.49. The SMILES string of the molecule is CSc1nc(C)c(CCC(=O)NCC(F)(F)F)c(C)n1. The van der Waals surface area contributed by atoms with Crippen LogP contribution in [0.15, 0.2) is 5.16 Å². The molecule has 0 unspecified atom stereocenters. The standard InChI is InChI=1S/C12H16F3N3OS/c1-7-9(8(2)18-11(17-7)20-3)4-5-10(19)16-6-12(13,14)15/h4-6H2,1-3H3,(H,16,19). The third kappa shape index (κ3) is 5.36. The van der Waals surface area contributed by atoms with E-state index in [2.05, 4.69) is 9.97 Å². The van der Waals surface area contributed by atoms with Crippen LogP contribution in [0.25, 0.3) is 0 Å². The molecule has 1 N–H and O–H groups in total. The number of nitrogens with zero attached hydrogens (tertiary/aromatic N) is 2. The molecule has 1 aromatic rings. The van der Waals surface area contributed by atoms with Crippen LogP contribution < -0.4 is 5.32 Å². The smallest absolute Gasteiger partial charge is 0.347 e. The summed E-state index contributed by atoms with van der Waals surface area (Å²) in [7, 11) is 0. The van der Waals surface area contributed by atoms with Gasteiger partial charge >= 0.3 is 6.18 Å². The summed E-state index contributed by atoms with van der Waals surface area (Å²) in [6, 6.07) is 0. The molecule has 4 nitrogen and oxygen atoms in total. The van der Waals surface area contributed by atoms with Crippen LogP contribution in [0.1, 0.15) is 23.4 Å². The normalized spacial score (nSPS) is 11.5. The summed E-state index contributed by atoms with van der Waals surface area (Å²) in [6.07, 6.45) is -2.21. The molecule has 0 bridgehead atoms. The van der Waals surface area contributed by atoms with Gasteiger partial charge in [-0.2, -0.15) is 13.2 Å². The van der Waals surface area contributed by atoms with Crippen molar-refractivity contribution in [3.8, 4) is 0 Å². The lowest BCUT2D eigenvalue weighted by atomic mass is 10.1. The Kier molecular flexibility index (Phi) is 5.79. The second-order valence-corrected chi connectivity index (χ2v) is 5.02. The molecule has 0 spiro atoms. The number of aryl methyl sites for hydroxylation is 2. The highest BCUT2D eigenvalue weighted by Gasteiger charge is 2.27. The molecule has 0 saturated heterocycles. The number of rotatable bonds is 5. The molecule has 1 amide bonds. The van der Waals surface area contributed by atoms with Crippen LogP contribution in [-0.2, 0) is 11.2 Å². The number of carbonyl (C=O) groups is 1. The minimum atomic E-state index is -4.38. The van der Waals surface area contributed by atoms with Crippen molar-refractivity contribution < 1.29 is 18.0 Å². The number of amides is 1. The number of nitrogens with one attached hydrogen (secondary N) is 1. The van der Waals surface area contributed by atoms with E-state index >= 15 is 0 Å². The maximum Gasteiger partial charge on any atom is 0.405 e. The van der Waals surface area contributed by atoms with Gasteiger partial charge in [-0.15, -0.1) is 0 Å². The van der Waals surface area contributed by atoms with E-state index in [1.807, 2.05) is 11.6 Å². The largest absolute Gasteiger partial charge is 0.405 e. The monoisotopic (exact) mass is 307 g/mol. The average molecular weight is 307 g/mol. The van der Waals surface area contributed by atoms with E-state index in [0.29, 0.717) is 11.6 Å². The van der Waals surface area contributed by atoms with Gasteiger partial charge in [0, 0.05) is 17.8 Å². The molecule has 0 atom stereocenters. The van der Waals surface area contributed by atoms with E-state index in [-0.39, 0.29) is 6.42 Å². The van der Waals surface area contributed by atoms with Gasteiger partial charge in [-0.1, -0.05) is 11.8 Å². The molecular weight excluding hydrogens is 291 g/mol. The molecule has 20 heavy (non-hydrogen) atoms. The van der Waals surface area contributed by atoms with E-state index in [0.717, 1.165) is 17.0 Å². The van der Waals surface area contributed by atoms with Crippen molar-refractivity contribution in [2.75, 3.05) is 12.8 Å². The van der Waals surface area contributed by atoms with E-state index in [9.17, 15) is 18.0 Å². The maximum absolute atomic E-state index is 12.0. The molecule has 0 saturated carbocycles. The summed E-state index contributed by atoms with van der Waals surface area (Å²) >= 11 is 1.41. The summed E-state index contributed by atoms with van der Waals surface area (Å²) < 4.78 is 35.9. The van der Waals surface area contributed by atoms with Gasteiger partial charge in [0.15, 0.2) is 5.16 Å². The molecule has 0 fully saturated rings. The Bertz CT molecular complexity index is 468. The van der Waals surface area contributed by atoms with Gasteiger partial charge in [-0.05, 0) is 32.1 Å². The Morgan fingerprint density at radius 1 is 1.25 bits per heavy atom. The van der Waals surface area contributed by atoms with Crippen LogP contribution in [0.2, 0.25) is 0 Å². The molecule has 1 rings (SSSR count). The first kappa shape index (κ1) is 16.7. The average Bonchev–Trinajstić information content (AvgIpc) is 2.34. The topological polar surface area (TPSA) is 54.9 Å². The summed E-state index contributed by atoms with van der Waals surface area (Å²) in [6.45, 7) is 2.31. The Hall–Kier alpha value is -1.31. The molecule has 1 heterocycles. The van der Waals surface area contributed by atoms with Crippen molar-refractivity contribution in [1.82, 2.24) is 15.3 Å². The van der Waals surface area contributed by atoms with E-state index < -0.39 is 18.6 Å². The molecule has 8 heteroatoms. The lowest BCUT2D eigenvalue weighted by Crippen LogP contribution is -2.33. The van der Waals surface area contributed by atoms with Gasteiger partial charge in [0.2, 0.25) is 5.91 Å². The highest BCUT2D eigenvalue weighted by Crippen LogP contribution is 2.17. The molecule has 112 valence electrons. The second-order valence-electron chi connectivity index (χ2n) is 4.25. The molecule has 0 aliphatic heterocycles. The number of hydrogen-bond donors (Lipinski definition) is 1. The summed E-state index contributed by atoms with van der Waals surface area (Å²) in [5.74, 6) is -0.630. The van der Waals surface area contributed by atoms with Crippen LogP contribution >= 0.6 is 11.8 Å². The maximum atomic E-state index is 12.0. The van der Waals surface area contributed by atoms with Crippen LogP contribution in [-0.4, -0.2) is 34.9 Å². The Morgan fingerprint density at radius 2 is 1.80 bits per heavy atom. The first-order chi connectivity index (χ1) is 9.23. The van der Waals surface area contributed by atoms with Gasteiger partial charge in [-0.25, -0.2) is 9.97 Å². The van der Waals surface area contributed by atoms with Crippen molar-refractivity contribution in [3.05, 3.63) is 17.0 Å². The van der Waals surface area contributed by atoms with Crippen LogP contribution in [0.5, 0.6) is 0 Å². The first-order valence-electron chi connectivity index (χ1n) is 5.94. The molecular formula is C12H16F3N3OS. The summed E-state index contributed by atoms with van der Waals surface area (Å²) in [4.78, 5) is 19.9. The van der Waals surface area contributed by atoms with Crippen molar-refractivity contribution in [2.45, 2.75) is 38.0 Å². The van der Waals surface area contributed by atoms with E-state index in [1.165, 1.54) is 11.8 Å². The third-order valence-electron chi connectivity index (χ3n) is 2.67.